The molecule has 0 aliphatic carbocycles. The number of hydrogen-bond donors (Lipinski definition) is 0. The molecule has 0 aliphatic heterocycles. The molecule has 0 fully saturated rings. The van der Waals surface area contributed by atoms with Gasteiger partial charge in [0.05, 0.1) is 15.2 Å². The largest absolute Gasteiger partial charge is 0.302 e. The lowest BCUT2D eigenvalue weighted by atomic mass is 10.2. The molecule has 2 aromatic heterocycles. The number of nitrogens with zero attached hydrogens (tertiary/aromatic N) is 5. The fourth-order valence-electron chi connectivity index (χ4n) is 3.34. The Hall–Kier alpha value is -1.96. The summed E-state index contributed by atoms with van der Waals surface area (Å²) in [5, 5.41) is 5.82. The SMILES string of the molecule is CCN(CC)CCN(C(=O)c1cc(C)n(CC)n1)c1nc2c(C)ccc(Cl)c2s1. The molecule has 0 aliphatic rings. The second kappa shape index (κ2) is 9.24. The van der Waals surface area contributed by atoms with Crippen LogP contribution in [0.2, 0.25) is 5.02 Å². The topological polar surface area (TPSA) is 54.3 Å². The van der Waals surface area contributed by atoms with E-state index in [4.69, 9.17) is 16.6 Å². The highest BCUT2D eigenvalue weighted by Gasteiger charge is 2.25. The van der Waals surface area contributed by atoms with Crippen molar-refractivity contribution in [2.75, 3.05) is 31.1 Å². The van der Waals surface area contributed by atoms with Crippen molar-refractivity contribution in [1.29, 1.82) is 0 Å². The van der Waals surface area contributed by atoms with Crippen LogP contribution in [0.15, 0.2) is 18.2 Å². The van der Waals surface area contributed by atoms with Crippen LogP contribution in [0.4, 0.5) is 5.13 Å². The molecule has 0 radical (unpaired) electrons. The van der Waals surface area contributed by atoms with E-state index < -0.39 is 0 Å². The molecule has 0 N–H and O–H groups in total. The van der Waals surface area contributed by atoms with Gasteiger partial charge in [-0.3, -0.25) is 14.4 Å². The minimum absolute atomic E-state index is 0.125. The minimum Gasteiger partial charge on any atom is -0.302 e. The number of rotatable bonds is 8. The van der Waals surface area contributed by atoms with Gasteiger partial charge >= 0.3 is 0 Å². The third kappa shape index (κ3) is 4.47. The Morgan fingerprint density at radius 2 is 1.90 bits per heavy atom. The van der Waals surface area contributed by atoms with E-state index in [1.807, 2.05) is 43.7 Å². The number of carbonyl (C=O) groups is 1. The summed E-state index contributed by atoms with van der Waals surface area (Å²) in [5.74, 6) is -0.125. The third-order valence-corrected chi connectivity index (χ3v) is 6.73. The number of benzene rings is 1. The van der Waals surface area contributed by atoms with E-state index in [-0.39, 0.29) is 5.91 Å². The van der Waals surface area contributed by atoms with Crippen LogP contribution >= 0.6 is 22.9 Å². The van der Waals surface area contributed by atoms with Crippen molar-refractivity contribution < 1.29 is 4.79 Å². The first-order valence-electron chi connectivity index (χ1n) is 10.0. The number of aromatic nitrogens is 3. The van der Waals surface area contributed by atoms with E-state index in [2.05, 4.69) is 23.8 Å². The van der Waals surface area contributed by atoms with Crippen LogP contribution in [0, 0.1) is 13.8 Å². The number of thiazole rings is 1. The predicted molar refractivity (Wildman–Crippen MR) is 121 cm³/mol. The number of likely N-dealkylation sites (N-methyl/N-ethyl adjacent to an activating group) is 1. The van der Waals surface area contributed by atoms with E-state index in [1.165, 1.54) is 11.3 Å². The van der Waals surface area contributed by atoms with Gasteiger partial charge in [-0.25, -0.2) is 4.98 Å². The molecule has 2 heterocycles. The predicted octanol–water partition coefficient (Wildman–Crippen LogP) is 4.77. The van der Waals surface area contributed by atoms with Crippen LogP contribution < -0.4 is 4.90 Å². The Morgan fingerprint density at radius 3 is 2.48 bits per heavy atom. The molecule has 8 heteroatoms. The first-order chi connectivity index (χ1) is 13.9. The van der Waals surface area contributed by atoms with Crippen LogP contribution in [-0.2, 0) is 6.54 Å². The standard InChI is InChI=1S/C21H28ClN5OS/c1-6-25(7-2)11-12-26(20(28)17-13-15(5)27(8-3)24-17)21-23-18-14(4)9-10-16(22)19(18)29-21/h9-10,13H,6-8,11-12H2,1-5H3. The van der Waals surface area contributed by atoms with Gasteiger partial charge in [-0.05, 0) is 51.6 Å². The van der Waals surface area contributed by atoms with Crippen molar-refractivity contribution in [2.45, 2.75) is 41.2 Å². The van der Waals surface area contributed by atoms with Gasteiger partial charge in [0.2, 0.25) is 0 Å². The number of anilines is 1. The molecule has 0 saturated heterocycles. The molecule has 156 valence electrons. The lowest BCUT2D eigenvalue weighted by Crippen LogP contribution is -2.39. The molecule has 3 aromatic rings. The maximum absolute atomic E-state index is 13.4. The van der Waals surface area contributed by atoms with E-state index in [0.717, 1.165) is 47.7 Å². The van der Waals surface area contributed by atoms with Crippen molar-refractivity contribution in [3.8, 4) is 0 Å². The molecule has 29 heavy (non-hydrogen) atoms. The number of amides is 1. The number of carbonyl (C=O) groups excluding carboxylic acids is 1. The van der Waals surface area contributed by atoms with Gasteiger partial charge in [0.25, 0.3) is 5.91 Å². The van der Waals surface area contributed by atoms with Crippen LogP contribution in [-0.4, -0.2) is 51.8 Å². The smallest absolute Gasteiger partial charge is 0.280 e. The number of aryl methyl sites for hydroxylation is 3. The Kier molecular flexibility index (Phi) is 6.93. The van der Waals surface area contributed by atoms with Crippen LogP contribution in [0.25, 0.3) is 10.2 Å². The van der Waals surface area contributed by atoms with Gasteiger partial charge in [0, 0.05) is 25.3 Å². The summed E-state index contributed by atoms with van der Waals surface area (Å²) < 4.78 is 2.76. The minimum atomic E-state index is -0.125. The number of hydrogen-bond acceptors (Lipinski definition) is 5. The normalized spacial score (nSPS) is 11.6. The molecule has 6 nitrogen and oxygen atoms in total. The molecular weight excluding hydrogens is 406 g/mol. The summed E-state index contributed by atoms with van der Waals surface area (Å²) in [4.78, 5) is 22.3. The van der Waals surface area contributed by atoms with Crippen LogP contribution in [0.5, 0.6) is 0 Å². The van der Waals surface area contributed by atoms with Gasteiger partial charge in [-0.1, -0.05) is 42.9 Å². The highest BCUT2D eigenvalue weighted by molar-refractivity contribution is 7.23. The van der Waals surface area contributed by atoms with Crippen LogP contribution in [0.3, 0.4) is 0 Å². The fourth-order valence-corrected chi connectivity index (χ4v) is 4.69. The fraction of sp³-hybridized carbons (Fsp3) is 0.476. The maximum Gasteiger partial charge on any atom is 0.280 e. The van der Waals surface area contributed by atoms with Gasteiger partial charge in [-0.2, -0.15) is 5.10 Å². The first-order valence-corrected chi connectivity index (χ1v) is 11.2. The summed E-state index contributed by atoms with van der Waals surface area (Å²) in [6, 6.07) is 5.69. The van der Waals surface area contributed by atoms with E-state index in [1.54, 1.807) is 4.90 Å². The monoisotopic (exact) mass is 433 g/mol. The molecule has 0 spiro atoms. The van der Waals surface area contributed by atoms with Crippen molar-refractivity contribution in [2.24, 2.45) is 0 Å². The lowest BCUT2D eigenvalue weighted by Gasteiger charge is -2.24. The molecule has 1 amide bonds. The summed E-state index contributed by atoms with van der Waals surface area (Å²) >= 11 is 7.86. The van der Waals surface area contributed by atoms with Crippen molar-refractivity contribution in [3.05, 3.63) is 40.2 Å². The van der Waals surface area contributed by atoms with E-state index >= 15 is 0 Å². The zero-order chi connectivity index (χ0) is 21.1. The Labute approximate surface area is 181 Å². The average molecular weight is 434 g/mol. The van der Waals surface area contributed by atoms with Gasteiger partial charge in [-0.15, -0.1) is 0 Å². The number of halogens is 1. The van der Waals surface area contributed by atoms with E-state index in [0.29, 0.717) is 22.4 Å². The molecule has 0 atom stereocenters. The molecule has 0 bridgehead atoms. The zero-order valence-electron chi connectivity index (χ0n) is 17.7. The third-order valence-electron chi connectivity index (χ3n) is 5.20. The quantitative estimate of drug-likeness (QED) is 0.513. The lowest BCUT2D eigenvalue weighted by molar-refractivity contribution is 0.0978. The first kappa shape index (κ1) is 21.7. The van der Waals surface area contributed by atoms with E-state index in [9.17, 15) is 4.79 Å². The average Bonchev–Trinajstić information content (AvgIpc) is 3.32. The van der Waals surface area contributed by atoms with Crippen molar-refractivity contribution in [1.82, 2.24) is 19.7 Å². The second-order valence-corrected chi connectivity index (χ2v) is 8.39. The molecule has 3 rings (SSSR count). The molecular formula is C21H28ClN5OS. The highest BCUT2D eigenvalue weighted by atomic mass is 35.5. The van der Waals surface area contributed by atoms with Crippen molar-refractivity contribution in [3.63, 3.8) is 0 Å². The number of fused-ring (bicyclic) bond motifs is 1. The summed E-state index contributed by atoms with van der Waals surface area (Å²) in [6.07, 6.45) is 0. The molecule has 1 aromatic carbocycles. The molecule has 0 saturated carbocycles. The Balaban J connectivity index is 2.01. The Morgan fingerprint density at radius 1 is 1.17 bits per heavy atom. The van der Waals surface area contributed by atoms with Crippen molar-refractivity contribution >= 4 is 44.2 Å². The van der Waals surface area contributed by atoms with Gasteiger partial charge in [0.15, 0.2) is 10.8 Å². The Bertz CT molecular complexity index is 969. The summed E-state index contributed by atoms with van der Waals surface area (Å²) in [5.41, 5.74) is 3.33. The van der Waals surface area contributed by atoms with Crippen LogP contribution in [0.1, 0.15) is 42.5 Å². The maximum atomic E-state index is 13.4. The van der Waals surface area contributed by atoms with Gasteiger partial charge in [0.1, 0.15) is 0 Å². The highest BCUT2D eigenvalue weighted by Crippen LogP contribution is 2.36. The zero-order valence-corrected chi connectivity index (χ0v) is 19.3. The summed E-state index contributed by atoms with van der Waals surface area (Å²) in [6.45, 7) is 14.2. The van der Waals surface area contributed by atoms with Gasteiger partial charge < -0.3 is 4.90 Å². The molecule has 0 unspecified atom stereocenters. The second-order valence-electron chi connectivity index (χ2n) is 7.01. The summed E-state index contributed by atoms with van der Waals surface area (Å²) in [7, 11) is 0.